The Bertz CT molecular complexity index is 370. The molecule has 0 radical (unpaired) electrons. The number of carboxylic acids is 1. The van der Waals surface area contributed by atoms with Gasteiger partial charge in [0, 0.05) is 6.04 Å². The lowest BCUT2D eigenvalue weighted by Crippen LogP contribution is -2.53. The highest BCUT2D eigenvalue weighted by atomic mass is 16.4. The van der Waals surface area contributed by atoms with Crippen molar-refractivity contribution < 1.29 is 9.90 Å². The predicted octanol–water partition coefficient (Wildman–Crippen LogP) is 7.82. The Morgan fingerprint density at radius 2 is 1.07 bits per heavy atom. The van der Waals surface area contributed by atoms with E-state index in [1.54, 1.807) is 0 Å². The Morgan fingerprint density at radius 1 is 0.750 bits per heavy atom. The minimum Gasteiger partial charge on any atom is -0.480 e. The Balaban J connectivity index is 3.51. The Morgan fingerprint density at radius 3 is 1.36 bits per heavy atom. The fraction of sp³-hybridized carbons (Fsp3) is 0.960. The minimum atomic E-state index is -0.732. The van der Waals surface area contributed by atoms with E-state index in [1.807, 2.05) is 18.9 Å². The zero-order chi connectivity index (χ0) is 21.3. The Hall–Kier alpha value is -0.570. The quantitative estimate of drug-likeness (QED) is 0.213. The van der Waals surface area contributed by atoms with Crippen molar-refractivity contribution in [2.75, 3.05) is 7.05 Å². The summed E-state index contributed by atoms with van der Waals surface area (Å²) >= 11 is 0. The molecule has 0 aliphatic heterocycles. The summed E-state index contributed by atoms with van der Waals surface area (Å²) in [6.07, 6.45) is 22.3. The second-order valence-corrected chi connectivity index (χ2v) is 9.34. The second-order valence-electron chi connectivity index (χ2n) is 9.34. The molecule has 0 fully saturated rings. The van der Waals surface area contributed by atoms with Gasteiger partial charge in [-0.1, -0.05) is 110 Å². The molecule has 0 aromatic carbocycles. The number of rotatable bonds is 20. The number of hydrogen-bond donors (Lipinski definition) is 1. The third-order valence-electron chi connectivity index (χ3n) is 6.53. The van der Waals surface area contributed by atoms with E-state index in [2.05, 4.69) is 20.8 Å². The maximum atomic E-state index is 11.7. The van der Waals surface area contributed by atoms with Crippen LogP contribution in [-0.4, -0.2) is 34.6 Å². The summed E-state index contributed by atoms with van der Waals surface area (Å²) in [6, 6.07) is 0.252. The van der Waals surface area contributed by atoms with E-state index in [9.17, 15) is 9.90 Å². The standard InChI is InChI=1S/C25H51NO2/c1-6-7-8-9-10-11-12-13-14-15-16-17-18-19-20-21-22-25(4,24(27)28)26(5)23(2)3/h23H,6-22H2,1-5H3,(H,27,28). The van der Waals surface area contributed by atoms with Gasteiger partial charge in [-0.15, -0.1) is 0 Å². The van der Waals surface area contributed by atoms with Crippen LogP contribution in [0, 0.1) is 0 Å². The molecular formula is C25H51NO2. The predicted molar refractivity (Wildman–Crippen MR) is 123 cm³/mol. The van der Waals surface area contributed by atoms with Crippen LogP contribution in [0.3, 0.4) is 0 Å². The van der Waals surface area contributed by atoms with E-state index in [1.165, 1.54) is 89.9 Å². The highest BCUT2D eigenvalue weighted by Gasteiger charge is 2.37. The topological polar surface area (TPSA) is 40.5 Å². The van der Waals surface area contributed by atoms with Gasteiger partial charge in [0.15, 0.2) is 0 Å². The fourth-order valence-corrected chi connectivity index (χ4v) is 4.02. The molecule has 1 atom stereocenters. The van der Waals surface area contributed by atoms with Gasteiger partial charge in [-0.05, 0) is 34.2 Å². The van der Waals surface area contributed by atoms with Crippen molar-refractivity contribution in [3.63, 3.8) is 0 Å². The van der Waals surface area contributed by atoms with Crippen molar-refractivity contribution in [1.82, 2.24) is 4.90 Å². The molecule has 168 valence electrons. The molecule has 0 saturated heterocycles. The van der Waals surface area contributed by atoms with E-state index >= 15 is 0 Å². The summed E-state index contributed by atoms with van der Waals surface area (Å²) in [6.45, 7) is 8.28. The van der Waals surface area contributed by atoms with Gasteiger partial charge in [0.2, 0.25) is 0 Å². The first-order valence-corrected chi connectivity index (χ1v) is 12.3. The third-order valence-corrected chi connectivity index (χ3v) is 6.53. The minimum absolute atomic E-state index is 0.252. The molecule has 0 aliphatic rings. The average Bonchev–Trinajstić information content (AvgIpc) is 2.66. The lowest BCUT2D eigenvalue weighted by atomic mass is 9.91. The first-order valence-electron chi connectivity index (χ1n) is 12.3. The van der Waals surface area contributed by atoms with Crippen LogP contribution in [0.1, 0.15) is 137 Å². The molecule has 0 aromatic rings. The number of carbonyl (C=O) groups is 1. The summed E-state index contributed by atoms with van der Waals surface area (Å²) < 4.78 is 0. The lowest BCUT2D eigenvalue weighted by molar-refractivity contribution is -0.151. The second kappa shape index (κ2) is 17.3. The molecule has 0 rings (SSSR count). The Labute approximate surface area is 176 Å². The Kier molecular flexibility index (Phi) is 16.9. The van der Waals surface area contributed by atoms with E-state index in [0.29, 0.717) is 0 Å². The number of nitrogens with zero attached hydrogens (tertiary/aromatic N) is 1. The fourth-order valence-electron chi connectivity index (χ4n) is 4.02. The van der Waals surface area contributed by atoms with Crippen molar-refractivity contribution >= 4 is 5.97 Å². The number of unbranched alkanes of at least 4 members (excludes halogenated alkanes) is 15. The first kappa shape index (κ1) is 27.4. The van der Waals surface area contributed by atoms with Gasteiger partial charge in [-0.2, -0.15) is 0 Å². The highest BCUT2D eigenvalue weighted by molar-refractivity contribution is 5.78. The van der Waals surface area contributed by atoms with E-state index < -0.39 is 11.5 Å². The number of hydrogen-bond acceptors (Lipinski definition) is 2. The maximum absolute atomic E-state index is 11.7. The van der Waals surface area contributed by atoms with Gasteiger partial charge in [-0.25, -0.2) is 0 Å². The molecular weight excluding hydrogens is 346 g/mol. The molecule has 0 bridgehead atoms. The van der Waals surface area contributed by atoms with E-state index in [-0.39, 0.29) is 6.04 Å². The van der Waals surface area contributed by atoms with Crippen LogP contribution in [0.2, 0.25) is 0 Å². The molecule has 1 N–H and O–H groups in total. The molecule has 0 spiro atoms. The van der Waals surface area contributed by atoms with Crippen molar-refractivity contribution in [2.24, 2.45) is 0 Å². The molecule has 3 nitrogen and oxygen atoms in total. The summed E-state index contributed by atoms with van der Waals surface area (Å²) in [5.41, 5.74) is -0.732. The van der Waals surface area contributed by atoms with Crippen molar-refractivity contribution in [3.05, 3.63) is 0 Å². The van der Waals surface area contributed by atoms with E-state index in [0.717, 1.165) is 19.3 Å². The molecule has 0 amide bonds. The number of carboxylic acid groups (broad SMARTS) is 1. The molecule has 0 aromatic heterocycles. The number of aliphatic carboxylic acids is 1. The molecule has 0 aliphatic carbocycles. The van der Waals surface area contributed by atoms with Crippen LogP contribution in [-0.2, 0) is 4.79 Å². The van der Waals surface area contributed by atoms with Gasteiger partial charge >= 0.3 is 5.97 Å². The van der Waals surface area contributed by atoms with E-state index in [4.69, 9.17) is 0 Å². The summed E-state index contributed by atoms with van der Waals surface area (Å²) in [4.78, 5) is 13.7. The van der Waals surface area contributed by atoms with Crippen LogP contribution >= 0.6 is 0 Å². The first-order chi connectivity index (χ1) is 13.4. The van der Waals surface area contributed by atoms with Crippen molar-refractivity contribution in [2.45, 2.75) is 148 Å². The number of likely N-dealkylation sites (N-methyl/N-ethyl adjacent to an activating group) is 1. The maximum Gasteiger partial charge on any atom is 0.323 e. The van der Waals surface area contributed by atoms with Crippen LogP contribution in [0.25, 0.3) is 0 Å². The van der Waals surface area contributed by atoms with Crippen LogP contribution < -0.4 is 0 Å². The molecule has 1 unspecified atom stereocenters. The summed E-state index contributed by atoms with van der Waals surface area (Å²) in [5, 5.41) is 9.64. The zero-order valence-electron chi connectivity index (χ0n) is 19.9. The van der Waals surface area contributed by atoms with Gasteiger partial charge < -0.3 is 5.11 Å². The third kappa shape index (κ3) is 12.8. The smallest absolute Gasteiger partial charge is 0.323 e. The average molecular weight is 398 g/mol. The van der Waals surface area contributed by atoms with Gasteiger partial charge in [0.25, 0.3) is 0 Å². The zero-order valence-corrected chi connectivity index (χ0v) is 19.9. The summed E-state index contributed by atoms with van der Waals surface area (Å²) in [5.74, 6) is -0.690. The monoisotopic (exact) mass is 397 g/mol. The van der Waals surface area contributed by atoms with Gasteiger partial charge in [-0.3, -0.25) is 9.69 Å². The van der Waals surface area contributed by atoms with Crippen molar-refractivity contribution in [3.8, 4) is 0 Å². The molecule has 28 heavy (non-hydrogen) atoms. The van der Waals surface area contributed by atoms with Gasteiger partial charge in [0.05, 0.1) is 0 Å². The van der Waals surface area contributed by atoms with Crippen molar-refractivity contribution in [1.29, 1.82) is 0 Å². The molecule has 3 heteroatoms. The molecule has 0 saturated carbocycles. The largest absolute Gasteiger partial charge is 0.480 e. The lowest BCUT2D eigenvalue weighted by Gasteiger charge is -2.38. The SMILES string of the molecule is CCCCCCCCCCCCCCCCCCC(C)(C(=O)O)N(C)C(C)C. The van der Waals surface area contributed by atoms with Gasteiger partial charge in [0.1, 0.15) is 5.54 Å². The van der Waals surface area contributed by atoms with Crippen LogP contribution in [0.15, 0.2) is 0 Å². The van der Waals surface area contributed by atoms with Crippen LogP contribution in [0.5, 0.6) is 0 Å². The normalized spacial score (nSPS) is 14.0. The summed E-state index contributed by atoms with van der Waals surface area (Å²) in [7, 11) is 1.94. The molecule has 0 heterocycles. The highest BCUT2D eigenvalue weighted by Crippen LogP contribution is 2.24. The van der Waals surface area contributed by atoms with Crippen LogP contribution in [0.4, 0.5) is 0 Å².